The van der Waals surface area contributed by atoms with Crippen molar-refractivity contribution in [3.05, 3.63) is 0 Å². The van der Waals surface area contributed by atoms with Crippen molar-refractivity contribution in [2.24, 2.45) is 0 Å². The minimum atomic E-state index is -5.35. The second-order valence-electron chi connectivity index (χ2n) is 6.10. The fourth-order valence-electron chi connectivity index (χ4n) is 2.57. The summed E-state index contributed by atoms with van der Waals surface area (Å²) in [5, 5.41) is 1.56. The van der Waals surface area contributed by atoms with Gasteiger partial charge in [-0.1, -0.05) is 0 Å². The molecule has 11 nitrogen and oxygen atoms in total. The van der Waals surface area contributed by atoms with Crippen molar-refractivity contribution in [2.75, 3.05) is 6.61 Å². The van der Waals surface area contributed by atoms with E-state index >= 15 is 0 Å². The number of rotatable bonds is 6. The zero-order valence-corrected chi connectivity index (χ0v) is 16.3. The molecule has 1 amide bonds. The molecule has 1 N–H and O–H groups in total. The molecule has 1 unspecified atom stereocenters. The molecule has 0 aromatic heterocycles. The van der Waals surface area contributed by atoms with Crippen molar-refractivity contribution in [2.45, 2.75) is 64.5 Å². The van der Waals surface area contributed by atoms with Gasteiger partial charge in [0.2, 0.25) is 6.29 Å². The van der Waals surface area contributed by atoms with Gasteiger partial charge in [-0.2, -0.15) is 13.2 Å². The molecule has 14 heteroatoms. The van der Waals surface area contributed by atoms with E-state index in [1.807, 2.05) is 0 Å². The fourth-order valence-corrected chi connectivity index (χ4v) is 2.57. The van der Waals surface area contributed by atoms with Crippen molar-refractivity contribution in [3.8, 4) is 0 Å². The third-order valence-electron chi connectivity index (χ3n) is 3.54. The van der Waals surface area contributed by atoms with Crippen molar-refractivity contribution in [1.29, 1.82) is 0 Å². The van der Waals surface area contributed by atoms with Crippen molar-refractivity contribution in [1.82, 2.24) is 5.32 Å². The first-order valence-corrected chi connectivity index (χ1v) is 8.40. The Hall–Kier alpha value is -2.90. The standard InChI is InChI=1S/C16H20F3NO10/c1-6(21)26-5-10-12(27-7(2)22)11(20-15(25)16(17,18)19)13(28-8(3)23)14(30-10)29-9(4)24/h10-14H,5H2,1-4H3,(H,20,25)/t10-,11+,12-,13-,14?/m1/s1. The van der Waals surface area contributed by atoms with Crippen LogP contribution in [0, 0.1) is 0 Å². The third kappa shape index (κ3) is 7.50. The van der Waals surface area contributed by atoms with Gasteiger partial charge in [0.05, 0.1) is 0 Å². The van der Waals surface area contributed by atoms with Gasteiger partial charge < -0.3 is 29.0 Å². The van der Waals surface area contributed by atoms with Crippen molar-refractivity contribution in [3.63, 3.8) is 0 Å². The molecule has 0 aromatic rings. The highest BCUT2D eigenvalue weighted by Gasteiger charge is 2.54. The molecule has 30 heavy (non-hydrogen) atoms. The normalized spacial score (nSPS) is 26.2. The molecule has 1 heterocycles. The first-order valence-electron chi connectivity index (χ1n) is 8.40. The number of halogens is 3. The Morgan fingerprint density at radius 1 is 0.833 bits per heavy atom. The summed E-state index contributed by atoms with van der Waals surface area (Å²) < 4.78 is 63.3. The molecule has 0 aliphatic carbocycles. The van der Waals surface area contributed by atoms with Crippen LogP contribution in [0.2, 0.25) is 0 Å². The molecule has 0 aromatic carbocycles. The number of ether oxygens (including phenoxy) is 5. The van der Waals surface area contributed by atoms with E-state index in [0.717, 1.165) is 27.7 Å². The van der Waals surface area contributed by atoms with Gasteiger partial charge in [-0.3, -0.25) is 24.0 Å². The van der Waals surface area contributed by atoms with Gasteiger partial charge in [0.25, 0.3) is 0 Å². The van der Waals surface area contributed by atoms with E-state index in [2.05, 4.69) is 0 Å². The highest BCUT2D eigenvalue weighted by atomic mass is 19.4. The number of alkyl halides is 3. The van der Waals surface area contributed by atoms with Crippen LogP contribution in [0.4, 0.5) is 13.2 Å². The van der Waals surface area contributed by atoms with Gasteiger partial charge in [0, 0.05) is 27.7 Å². The van der Waals surface area contributed by atoms with Crippen molar-refractivity contribution >= 4 is 29.8 Å². The number of carbonyl (C=O) groups excluding carboxylic acids is 5. The molecule has 1 aliphatic heterocycles. The molecule has 0 spiro atoms. The Labute approximate surface area is 168 Å². The number of hydrogen-bond acceptors (Lipinski definition) is 10. The molecular formula is C16H20F3NO10. The zero-order chi connectivity index (χ0) is 23.2. The summed E-state index contributed by atoms with van der Waals surface area (Å²) in [5.74, 6) is -6.23. The van der Waals surface area contributed by atoms with E-state index in [9.17, 15) is 37.1 Å². The third-order valence-corrected chi connectivity index (χ3v) is 3.54. The summed E-state index contributed by atoms with van der Waals surface area (Å²) in [4.78, 5) is 57.0. The lowest BCUT2D eigenvalue weighted by Gasteiger charge is -2.44. The zero-order valence-electron chi connectivity index (χ0n) is 16.3. The van der Waals surface area contributed by atoms with E-state index in [1.54, 1.807) is 5.32 Å². The van der Waals surface area contributed by atoms with Gasteiger partial charge in [-0.05, 0) is 0 Å². The van der Waals surface area contributed by atoms with Gasteiger partial charge >= 0.3 is 36.0 Å². The Bertz CT molecular complexity index is 695. The number of esters is 4. The van der Waals surface area contributed by atoms with Gasteiger partial charge in [-0.15, -0.1) is 0 Å². The van der Waals surface area contributed by atoms with E-state index in [4.69, 9.17) is 23.7 Å². The molecule has 1 rings (SSSR count). The predicted molar refractivity (Wildman–Crippen MR) is 86.2 cm³/mol. The summed E-state index contributed by atoms with van der Waals surface area (Å²) in [5.41, 5.74) is 0. The Morgan fingerprint density at radius 3 is 1.77 bits per heavy atom. The average Bonchev–Trinajstić information content (AvgIpc) is 2.56. The monoisotopic (exact) mass is 443 g/mol. The maximum atomic E-state index is 12.8. The molecule has 5 atom stereocenters. The molecule has 1 saturated heterocycles. The van der Waals surface area contributed by atoms with Crippen molar-refractivity contribution < 1.29 is 60.8 Å². The molecular weight excluding hydrogens is 423 g/mol. The Balaban J connectivity index is 3.41. The van der Waals surface area contributed by atoms with Crippen LogP contribution in [0.1, 0.15) is 27.7 Å². The highest BCUT2D eigenvalue weighted by molar-refractivity contribution is 5.82. The minimum Gasteiger partial charge on any atom is -0.463 e. The second kappa shape index (κ2) is 10.2. The predicted octanol–water partition coefficient (Wildman–Crippen LogP) is -0.252. The summed E-state index contributed by atoms with van der Waals surface area (Å²) in [7, 11) is 0. The van der Waals surface area contributed by atoms with E-state index in [1.165, 1.54) is 0 Å². The summed E-state index contributed by atoms with van der Waals surface area (Å²) in [6, 6.07) is -1.87. The SMILES string of the molecule is CC(=O)OC[C@H]1OC(OC(C)=O)[C@H](OC(C)=O)[C@@H](NC(=O)C(F)(F)F)[C@@H]1OC(C)=O. The van der Waals surface area contributed by atoms with Crippen LogP contribution in [0.5, 0.6) is 0 Å². The summed E-state index contributed by atoms with van der Waals surface area (Å²) in [6.07, 6.45) is -12.2. The maximum Gasteiger partial charge on any atom is 0.471 e. The van der Waals surface area contributed by atoms with Gasteiger partial charge in [-0.25, -0.2) is 0 Å². The molecule has 170 valence electrons. The lowest BCUT2D eigenvalue weighted by Crippen LogP contribution is -2.68. The average molecular weight is 443 g/mol. The van der Waals surface area contributed by atoms with Crippen LogP contribution in [0.25, 0.3) is 0 Å². The molecule has 1 fully saturated rings. The smallest absolute Gasteiger partial charge is 0.463 e. The first kappa shape index (κ1) is 25.1. The summed E-state index contributed by atoms with van der Waals surface area (Å²) in [6.45, 7) is 3.15. The number of hydrogen-bond donors (Lipinski definition) is 1. The van der Waals surface area contributed by atoms with Crippen LogP contribution in [-0.4, -0.2) is 73.2 Å². The molecule has 0 bridgehead atoms. The number of nitrogens with one attached hydrogen (secondary N) is 1. The lowest BCUT2D eigenvalue weighted by atomic mass is 9.95. The quantitative estimate of drug-likeness (QED) is 0.431. The van der Waals surface area contributed by atoms with Crippen LogP contribution >= 0.6 is 0 Å². The van der Waals surface area contributed by atoms with Crippen LogP contribution in [-0.2, 0) is 47.7 Å². The number of amides is 1. The van der Waals surface area contributed by atoms with E-state index in [-0.39, 0.29) is 0 Å². The van der Waals surface area contributed by atoms with Gasteiger partial charge in [0.15, 0.2) is 12.2 Å². The fraction of sp³-hybridized carbons (Fsp3) is 0.688. The molecule has 0 saturated carbocycles. The van der Waals surface area contributed by atoms with Crippen LogP contribution in [0.15, 0.2) is 0 Å². The van der Waals surface area contributed by atoms with Crippen LogP contribution < -0.4 is 5.32 Å². The number of carbonyl (C=O) groups is 5. The minimum absolute atomic E-state index is 0.643. The lowest BCUT2D eigenvalue weighted by molar-refractivity contribution is -0.278. The van der Waals surface area contributed by atoms with Gasteiger partial charge in [0.1, 0.15) is 18.8 Å². The van der Waals surface area contributed by atoms with E-state index < -0.39 is 73.2 Å². The summed E-state index contributed by atoms with van der Waals surface area (Å²) >= 11 is 0. The maximum absolute atomic E-state index is 12.8. The largest absolute Gasteiger partial charge is 0.471 e. The Kier molecular flexibility index (Phi) is 8.57. The Morgan fingerprint density at radius 2 is 1.33 bits per heavy atom. The molecule has 0 radical (unpaired) electrons. The van der Waals surface area contributed by atoms with E-state index in [0.29, 0.717) is 0 Å². The molecule has 1 aliphatic rings. The van der Waals surface area contributed by atoms with Crippen LogP contribution in [0.3, 0.4) is 0 Å². The topological polar surface area (TPSA) is 144 Å². The first-order chi connectivity index (χ1) is 13.7. The second-order valence-corrected chi connectivity index (χ2v) is 6.10. The highest BCUT2D eigenvalue weighted by Crippen LogP contribution is 2.29.